The number of nitrogens with two attached hydrogens (primary N) is 1. The van der Waals surface area contributed by atoms with Crippen molar-refractivity contribution in [3.05, 3.63) is 21.9 Å². The second-order valence-electron chi connectivity index (χ2n) is 3.48. The standard InChI is InChI=1S/C10H13N3OS/c1-3-13-7(9(11)12-10(13)14)8-6(2)4-5-15-8/h4-5,7H,3H2,1-2H3,(H2,11,12,14). The molecule has 4 nitrogen and oxygen atoms in total. The summed E-state index contributed by atoms with van der Waals surface area (Å²) in [6.45, 7) is 4.59. The zero-order valence-electron chi connectivity index (χ0n) is 8.73. The highest BCUT2D eigenvalue weighted by Gasteiger charge is 2.34. The van der Waals surface area contributed by atoms with E-state index in [0.717, 1.165) is 10.4 Å². The van der Waals surface area contributed by atoms with Crippen LogP contribution in [-0.4, -0.2) is 23.3 Å². The molecule has 2 heterocycles. The van der Waals surface area contributed by atoms with Gasteiger partial charge in [0.1, 0.15) is 11.9 Å². The molecule has 1 aliphatic rings. The fourth-order valence-corrected chi connectivity index (χ4v) is 2.81. The van der Waals surface area contributed by atoms with Gasteiger partial charge in [0.05, 0.1) is 0 Å². The van der Waals surface area contributed by atoms with Gasteiger partial charge in [0.2, 0.25) is 0 Å². The summed E-state index contributed by atoms with van der Waals surface area (Å²) in [5.74, 6) is 0.410. The van der Waals surface area contributed by atoms with E-state index in [2.05, 4.69) is 4.99 Å². The second kappa shape index (κ2) is 3.66. The lowest BCUT2D eigenvalue weighted by molar-refractivity contribution is 0.210. The van der Waals surface area contributed by atoms with Gasteiger partial charge in [-0.15, -0.1) is 11.3 Å². The van der Waals surface area contributed by atoms with Crippen LogP contribution in [0.25, 0.3) is 0 Å². The summed E-state index contributed by atoms with van der Waals surface area (Å²) in [5, 5.41) is 2.01. The van der Waals surface area contributed by atoms with Crippen LogP contribution in [0.1, 0.15) is 23.4 Å². The van der Waals surface area contributed by atoms with E-state index in [0.29, 0.717) is 12.4 Å². The topological polar surface area (TPSA) is 58.7 Å². The van der Waals surface area contributed by atoms with Crippen molar-refractivity contribution in [1.82, 2.24) is 4.90 Å². The minimum Gasteiger partial charge on any atom is -0.385 e. The molecular formula is C10H13N3OS. The molecular weight excluding hydrogens is 210 g/mol. The normalized spacial score (nSPS) is 20.9. The molecule has 1 aliphatic heterocycles. The average Bonchev–Trinajstić information content (AvgIpc) is 2.70. The molecule has 0 aliphatic carbocycles. The lowest BCUT2D eigenvalue weighted by Gasteiger charge is -2.22. The van der Waals surface area contributed by atoms with Crippen molar-refractivity contribution in [2.75, 3.05) is 6.54 Å². The highest BCUT2D eigenvalue weighted by molar-refractivity contribution is 7.10. The average molecular weight is 223 g/mol. The van der Waals surface area contributed by atoms with Crippen molar-refractivity contribution >= 4 is 23.2 Å². The molecule has 2 amide bonds. The Morgan fingerprint density at radius 3 is 2.93 bits per heavy atom. The fraction of sp³-hybridized carbons (Fsp3) is 0.400. The SMILES string of the molecule is CCN1C(=O)N=C(N)C1c1sccc1C. The second-order valence-corrected chi connectivity index (χ2v) is 4.42. The predicted molar refractivity (Wildman–Crippen MR) is 61.2 cm³/mol. The van der Waals surface area contributed by atoms with Crippen LogP contribution in [0.15, 0.2) is 16.4 Å². The van der Waals surface area contributed by atoms with Crippen LogP contribution >= 0.6 is 11.3 Å². The molecule has 0 radical (unpaired) electrons. The first kappa shape index (κ1) is 10.2. The minimum atomic E-state index is -0.229. The number of hydrogen-bond donors (Lipinski definition) is 1. The van der Waals surface area contributed by atoms with Crippen LogP contribution in [-0.2, 0) is 0 Å². The van der Waals surface area contributed by atoms with Crippen LogP contribution < -0.4 is 5.73 Å². The van der Waals surface area contributed by atoms with Crippen molar-refractivity contribution in [3.8, 4) is 0 Å². The van der Waals surface area contributed by atoms with E-state index >= 15 is 0 Å². The van der Waals surface area contributed by atoms with E-state index in [9.17, 15) is 4.79 Å². The molecule has 0 spiro atoms. The lowest BCUT2D eigenvalue weighted by Crippen LogP contribution is -2.32. The number of nitrogens with zero attached hydrogens (tertiary/aromatic N) is 2. The predicted octanol–water partition coefficient (Wildman–Crippen LogP) is 1.91. The molecule has 2 N–H and O–H groups in total. The number of carbonyl (C=O) groups is 1. The largest absolute Gasteiger partial charge is 0.385 e. The lowest BCUT2D eigenvalue weighted by atomic mass is 10.1. The van der Waals surface area contributed by atoms with Gasteiger partial charge in [0.25, 0.3) is 0 Å². The third-order valence-corrected chi connectivity index (χ3v) is 3.62. The fourth-order valence-electron chi connectivity index (χ4n) is 1.76. The highest BCUT2D eigenvalue weighted by Crippen LogP contribution is 2.32. The molecule has 0 aromatic carbocycles. The van der Waals surface area contributed by atoms with E-state index < -0.39 is 0 Å². The number of likely N-dealkylation sites (N-methyl/N-ethyl adjacent to an activating group) is 1. The first-order chi connectivity index (χ1) is 7.15. The number of rotatable bonds is 2. The summed E-state index contributed by atoms with van der Waals surface area (Å²) in [7, 11) is 0. The van der Waals surface area contributed by atoms with E-state index in [1.54, 1.807) is 16.2 Å². The maximum absolute atomic E-state index is 11.5. The Balaban J connectivity index is 2.40. The van der Waals surface area contributed by atoms with Gasteiger partial charge in [-0.1, -0.05) is 0 Å². The molecule has 1 aromatic rings. The van der Waals surface area contributed by atoms with Crippen LogP contribution in [0.4, 0.5) is 4.79 Å². The monoisotopic (exact) mass is 223 g/mol. The maximum Gasteiger partial charge on any atom is 0.346 e. The zero-order valence-corrected chi connectivity index (χ0v) is 9.54. The van der Waals surface area contributed by atoms with Gasteiger partial charge in [-0.25, -0.2) is 4.79 Å². The highest BCUT2D eigenvalue weighted by atomic mass is 32.1. The summed E-state index contributed by atoms with van der Waals surface area (Å²) < 4.78 is 0. The number of hydrogen-bond acceptors (Lipinski definition) is 3. The van der Waals surface area contributed by atoms with E-state index in [1.165, 1.54) is 0 Å². The molecule has 15 heavy (non-hydrogen) atoms. The molecule has 80 valence electrons. The maximum atomic E-state index is 11.5. The Labute approximate surface area is 92.4 Å². The third-order valence-electron chi connectivity index (χ3n) is 2.55. The van der Waals surface area contributed by atoms with Crippen LogP contribution in [0, 0.1) is 6.92 Å². The minimum absolute atomic E-state index is 0.150. The Hall–Kier alpha value is -1.36. The summed E-state index contributed by atoms with van der Waals surface area (Å²) in [4.78, 5) is 18.1. The van der Waals surface area contributed by atoms with E-state index in [-0.39, 0.29) is 12.1 Å². The molecule has 5 heteroatoms. The van der Waals surface area contributed by atoms with Crippen LogP contribution in [0.2, 0.25) is 0 Å². The molecule has 0 saturated heterocycles. The molecule has 1 atom stereocenters. The molecule has 0 bridgehead atoms. The number of urea groups is 1. The quantitative estimate of drug-likeness (QED) is 0.832. The number of carbonyl (C=O) groups excluding carboxylic acids is 1. The van der Waals surface area contributed by atoms with Gasteiger partial charge in [-0.3, -0.25) is 0 Å². The summed E-state index contributed by atoms with van der Waals surface area (Å²) >= 11 is 1.62. The van der Waals surface area contributed by atoms with Crippen molar-refractivity contribution in [2.24, 2.45) is 10.7 Å². The molecule has 1 unspecified atom stereocenters. The van der Waals surface area contributed by atoms with Crippen molar-refractivity contribution in [1.29, 1.82) is 0 Å². The Kier molecular flexibility index (Phi) is 2.48. The number of amides is 2. The smallest absolute Gasteiger partial charge is 0.346 e. The Morgan fingerprint density at radius 2 is 2.40 bits per heavy atom. The number of amidine groups is 1. The van der Waals surface area contributed by atoms with Crippen LogP contribution in [0.5, 0.6) is 0 Å². The summed E-state index contributed by atoms with van der Waals surface area (Å²) in [6.07, 6.45) is 0. The third kappa shape index (κ3) is 1.52. The van der Waals surface area contributed by atoms with Gasteiger partial charge >= 0.3 is 6.03 Å². The zero-order chi connectivity index (χ0) is 11.0. The molecule has 0 fully saturated rings. The van der Waals surface area contributed by atoms with Crippen LogP contribution in [0.3, 0.4) is 0 Å². The Morgan fingerprint density at radius 1 is 1.67 bits per heavy atom. The van der Waals surface area contributed by atoms with Crippen molar-refractivity contribution < 1.29 is 4.79 Å². The summed E-state index contributed by atoms with van der Waals surface area (Å²) in [6, 6.07) is 1.65. The Bertz CT molecular complexity index is 424. The van der Waals surface area contributed by atoms with Gasteiger partial charge in [0.15, 0.2) is 0 Å². The molecule has 1 aromatic heterocycles. The molecule has 2 rings (SSSR count). The van der Waals surface area contributed by atoms with Gasteiger partial charge in [-0.05, 0) is 30.9 Å². The summed E-state index contributed by atoms with van der Waals surface area (Å²) in [5.41, 5.74) is 6.95. The first-order valence-corrected chi connectivity index (χ1v) is 5.71. The number of aliphatic imine (C=N–C) groups is 1. The number of aryl methyl sites for hydroxylation is 1. The van der Waals surface area contributed by atoms with E-state index in [1.807, 2.05) is 25.3 Å². The van der Waals surface area contributed by atoms with Gasteiger partial charge in [0, 0.05) is 11.4 Å². The molecule has 0 saturated carbocycles. The van der Waals surface area contributed by atoms with Crippen molar-refractivity contribution in [3.63, 3.8) is 0 Å². The number of thiophene rings is 1. The van der Waals surface area contributed by atoms with Crippen molar-refractivity contribution in [2.45, 2.75) is 19.9 Å². The van der Waals surface area contributed by atoms with Gasteiger partial charge < -0.3 is 10.6 Å². The van der Waals surface area contributed by atoms with Gasteiger partial charge in [-0.2, -0.15) is 4.99 Å². The first-order valence-electron chi connectivity index (χ1n) is 4.83. The van der Waals surface area contributed by atoms with E-state index in [4.69, 9.17) is 5.73 Å².